The molecule has 1 fully saturated rings. The lowest BCUT2D eigenvalue weighted by Gasteiger charge is -2.19. The molecule has 3 aromatic rings. The van der Waals surface area contributed by atoms with Gasteiger partial charge in [-0.2, -0.15) is 5.10 Å². The molecule has 1 amide bonds. The first-order valence-corrected chi connectivity index (χ1v) is 8.12. The van der Waals surface area contributed by atoms with E-state index >= 15 is 0 Å². The fourth-order valence-electron chi connectivity index (χ4n) is 2.82. The molecule has 1 atom stereocenters. The summed E-state index contributed by atoms with van der Waals surface area (Å²) in [7, 11) is 0. The quantitative estimate of drug-likeness (QED) is 0.759. The van der Waals surface area contributed by atoms with Gasteiger partial charge in [0.05, 0.1) is 6.04 Å². The number of hydrogen-bond donors (Lipinski definition) is 2. The van der Waals surface area contributed by atoms with E-state index in [0.29, 0.717) is 11.6 Å². The Balaban J connectivity index is 1.60. The summed E-state index contributed by atoms with van der Waals surface area (Å²) in [5.41, 5.74) is 3.50. The molecule has 1 aliphatic carbocycles. The Labute approximate surface area is 140 Å². The van der Waals surface area contributed by atoms with E-state index < -0.39 is 0 Å². The lowest BCUT2D eigenvalue weighted by Crippen LogP contribution is -2.29. The minimum Gasteiger partial charge on any atom is -0.340 e. The number of carbonyl (C=O) groups is 1. The number of nitrogens with one attached hydrogen (secondary N) is 2. The SMILES string of the molecule is O=C(N[C@@H](c1ccccc1)c1ccncc1)c1cc(C2CC2)[nH]n1. The van der Waals surface area contributed by atoms with Crippen LogP contribution in [-0.2, 0) is 0 Å². The van der Waals surface area contributed by atoms with Crippen molar-refractivity contribution in [2.24, 2.45) is 0 Å². The van der Waals surface area contributed by atoms with Crippen LogP contribution in [0.3, 0.4) is 0 Å². The number of carbonyl (C=O) groups excluding carboxylic acids is 1. The Morgan fingerprint density at radius 1 is 1.08 bits per heavy atom. The van der Waals surface area contributed by atoms with Crippen LogP contribution in [0.5, 0.6) is 0 Å². The molecule has 5 nitrogen and oxygen atoms in total. The highest BCUT2D eigenvalue weighted by molar-refractivity contribution is 5.93. The summed E-state index contributed by atoms with van der Waals surface area (Å²) in [5.74, 6) is 0.369. The number of pyridine rings is 1. The van der Waals surface area contributed by atoms with Gasteiger partial charge in [0, 0.05) is 24.0 Å². The molecule has 0 radical (unpaired) electrons. The fraction of sp³-hybridized carbons (Fsp3) is 0.211. The van der Waals surface area contributed by atoms with Gasteiger partial charge in [-0.15, -0.1) is 0 Å². The third-order valence-corrected chi connectivity index (χ3v) is 4.30. The molecule has 0 spiro atoms. The van der Waals surface area contributed by atoms with E-state index in [4.69, 9.17) is 0 Å². The summed E-state index contributed by atoms with van der Waals surface area (Å²) in [6.07, 6.45) is 5.81. The summed E-state index contributed by atoms with van der Waals surface area (Å²) in [5, 5.41) is 10.2. The molecule has 0 bridgehead atoms. The van der Waals surface area contributed by atoms with Crippen molar-refractivity contribution < 1.29 is 4.79 Å². The topological polar surface area (TPSA) is 70.7 Å². The van der Waals surface area contributed by atoms with Gasteiger partial charge in [0.2, 0.25) is 0 Å². The largest absolute Gasteiger partial charge is 0.340 e. The van der Waals surface area contributed by atoms with Gasteiger partial charge < -0.3 is 5.32 Å². The highest BCUT2D eigenvalue weighted by atomic mass is 16.2. The molecule has 1 aliphatic rings. The Morgan fingerprint density at radius 2 is 1.79 bits per heavy atom. The number of amides is 1. The molecule has 1 aromatic carbocycles. The molecule has 0 unspecified atom stereocenters. The molecule has 2 N–H and O–H groups in total. The van der Waals surface area contributed by atoms with Crippen LogP contribution in [-0.4, -0.2) is 21.1 Å². The molecule has 5 heteroatoms. The monoisotopic (exact) mass is 318 g/mol. The van der Waals surface area contributed by atoms with Crippen LogP contribution in [0, 0.1) is 0 Å². The Bertz CT molecular complexity index is 785. The molecule has 0 saturated heterocycles. The van der Waals surface area contributed by atoms with Crippen LogP contribution in [0.2, 0.25) is 0 Å². The van der Waals surface area contributed by atoms with Crippen molar-refractivity contribution in [1.29, 1.82) is 0 Å². The Morgan fingerprint density at radius 3 is 2.50 bits per heavy atom. The zero-order valence-electron chi connectivity index (χ0n) is 13.1. The van der Waals surface area contributed by atoms with Gasteiger partial charge in [0.25, 0.3) is 5.91 Å². The van der Waals surface area contributed by atoms with Crippen molar-refractivity contribution in [3.8, 4) is 0 Å². The predicted molar refractivity (Wildman–Crippen MR) is 90.6 cm³/mol. The number of nitrogens with zero attached hydrogens (tertiary/aromatic N) is 2. The van der Waals surface area contributed by atoms with E-state index in [-0.39, 0.29) is 11.9 Å². The Hall–Kier alpha value is -2.95. The first-order chi connectivity index (χ1) is 11.8. The average Bonchev–Trinajstić information content (AvgIpc) is 3.38. The molecule has 24 heavy (non-hydrogen) atoms. The lowest BCUT2D eigenvalue weighted by atomic mass is 9.99. The number of H-pyrrole nitrogens is 1. The van der Waals surface area contributed by atoms with Crippen molar-refractivity contribution in [2.75, 3.05) is 0 Å². The molecule has 1 saturated carbocycles. The van der Waals surface area contributed by atoms with E-state index in [1.54, 1.807) is 12.4 Å². The minimum atomic E-state index is -0.234. The standard InChI is InChI=1S/C19H18N4O/c24-19(17-12-16(22-23-17)13-6-7-13)21-18(14-4-2-1-3-5-14)15-8-10-20-11-9-15/h1-5,8-13,18H,6-7H2,(H,21,24)(H,22,23)/t18-/m0/s1. The zero-order valence-corrected chi connectivity index (χ0v) is 13.1. The zero-order chi connectivity index (χ0) is 16.4. The van der Waals surface area contributed by atoms with E-state index in [0.717, 1.165) is 16.8 Å². The van der Waals surface area contributed by atoms with E-state index in [9.17, 15) is 4.79 Å². The van der Waals surface area contributed by atoms with Crippen LogP contribution in [0.15, 0.2) is 60.9 Å². The third-order valence-electron chi connectivity index (χ3n) is 4.30. The van der Waals surface area contributed by atoms with Crippen molar-refractivity contribution in [2.45, 2.75) is 24.8 Å². The van der Waals surface area contributed by atoms with Gasteiger partial charge >= 0.3 is 0 Å². The highest BCUT2D eigenvalue weighted by Gasteiger charge is 2.27. The number of rotatable bonds is 5. The molecular weight excluding hydrogens is 300 g/mol. The van der Waals surface area contributed by atoms with Gasteiger partial charge in [0.15, 0.2) is 0 Å². The third kappa shape index (κ3) is 3.06. The normalized spacial score (nSPS) is 15.0. The van der Waals surface area contributed by atoms with Crippen LogP contribution >= 0.6 is 0 Å². The number of aromatic amines is 1. The molecule has 120 valence electrons. The molecule has 4 rings (SSSR count). The first kappa shape index (κ1) is 14.6. The Kier molecular flexibility index (Phi) is 3.83. The van der Waals surface area contributed by atoms with Crippen molar-refractivity contribution >= 4 is 5.91 Å². The maximum absolute atomic E-state index is 12.6. The molecule has 0 aliphatic heterocycles. The molecule has 2 aromatic heterocycles. The maximum atomic E-state index is 12.6. The van der Waals surface area contributed by atoms with Gasteiger partial charge in [0.1, 0.15) is 5.69 Å². The fourth-order valence-corrected chi connectivity index (χ4v) is 2.82. The summed E-state index contributed by atoms with van der Waals surface area (Å²) in [6.45, 7) is 0. The smallest absolute Gasteiger partial charge is 0.272 e. The summed E-state index contributed by atoms with van der Waals surface area (Å²) in [6, 6.07) is 15.4. The van der Waals surface area contributed by atoms with Gasteiger partial charge in [-0.3, -0.25) is 14.9 Å². The van der Waals surface area contributed by atoms with Crippen molar-refractivity contribution in [3.05, 3.63) is 83.4 Å². The molecular formula is C19H18N4O. The number of hydrogen-bond acceptors (Lipinski definition) is 3. The van der Waals surface area contributed by atoms with Crippen LogP contribution in [0.25, 0.3) is 0 Å². The average molecular weight is 318 g/mol. The maximum Gasteiger partial charge on any atom is 0.272 e. The van der Waals surface area contributed by atoms with Crippen LogP contribution in [0.4, 0.5) is 0 Å². The van der Waals surface area contributed by atoms with E-state index in [1.165, 1.54) is 12.8 Å². The second-order valence-corrected chi connectivity index (χ2v) is 6.08. The van der Waals surface area contributed by atoms with Gasteiger partial charge in [-0.05, 0) is 42.2 Å². The van der Waals surface area contributed by atoms with Crippen LogP contribution in [0.1, 0.15) is 52.1 Å². The van der Waals surface area contributed by atoms with Gasteiger partial charge in [-0.1, -0.05) is 30.3 Å². The second-order valence-electron chi connectivity index (χ2n) is 6.08. The summed E-state index contributed by atoms with van der Waals surface area (Å²) < 4.78 is 0. The van der Waals surface area contributed by atoms with Crippen molar-refractivity contribution in [3.63, 3.8) is 0 Å². The number of aromatic nitrogens is 3. The lowest BCUT2D eigenvalue weighted by molar-refractivity contribution is 0.0938. The van der Waals surface area contributed by atoms with Gasteiger partial charge in [-0.25, -0.2) is 0 Å². The highest BCUT2D eigenvalue weighted by Crippen LogP contribution is 2.39. The minimum absolute atomic E-state index is 0.177. The summed E-state index contributed by atoms with van der Waals surface area (Å²) >= 11 is 0. The van der Waals surface area contributed by atoms with Crippen LogP contribution < -0.4 is 5.32 Å². The second kappa shape index (κ2) is 6.28. The van der Waals surface area contributed by atoms with Crippen molar-refractivity contribution in [1.82, 2.24) is 20.5 Å². The predicted octanol–water partition coefficient (Wildman–Crippen LogP) is 3.20. The van der Waals surface area contributed by atoms with E-state index in [1.807, 2.05) is 48.5 Å². The van der Waals surface area contributed by atoms with E-state index in [2.05, 4.69) is 20.5 Å². The first-order valence-electron chi connectivity index (χ1n) is 8.12. The summed E-state index contributed by atoms with van der Waals surface area (Å²) in [4.78, 5) is 16.7. The molecule has 2 heterocycles. The number of benzene rings is 1.